The number of carbonyl (C=O) groups is 2. The zero-order chi connectivity index (χ0) is 14.5. The minimum Gasteiger partial charge on any atom is -0.344 e. The number of benzene rings is 1. The Hall–Kier alpha value is -1.84. The molecule has 1 saturated heterocycles. The predicted molar refractivity (Wildman–Crippen MR) is 77.9 cm³/mol. The first-order valence-electron chi connectivity index (χ1n) is 7.24. The van der Waals surface area contributed by atoms with Gasteiger partial charge in [-0.25, -0.2) is 0 Å². The summed E-state index contributed by atoms with van der Waals surface area (Å²) in [6.07, 6.45) is 3.07. The summed E-state index contributed by atoms with van der Waals surface area (Å²) < 4.78 is 0. The van der Waals surface area contributed by atoms with Crippen LogP contribution in [-0.2, 0) is 16.1 Å². The third kappa shape index (κ3) is 3.38. The first kappa shape index (κ1) is 14.6. The van der Waals surface area contributed by atoms with Crippen LogP contribution in [0.2, 0.25) is 0 Å². The van der Waals surface area contributed by atoms with Crippen molar-refractivity contribution in [3.8, 4) is 0 Å². The molecule has 0 saturated carbocycles. The van der Waals surface area contributed by atoms with Crippen molar-refractivity contribution < 1.29 is 9.59 Å². The molecule has 0 aliphatic carbocycles. The van der Waals surface area contributed by atoms with Gasteiger partial charge in [-0.05, 0) is 38.7 Å². The highest BCUT2D eigenvalue weighted by atomic mass is 16.2. The quantitative estimate of drug-likeness (QED) is 0.840. The molecule has 2 unspecified atom stereocenters. The van der Waals surface area contributed by atoms with E-state index in [1.807, 2.05) is 44.2 Å². The maximum atomic E-state index is 12.3. The van der Waals surface area contributed by atoms with Crippen LogP contribution in [0.3, 0.4) is 0 Å². The lowest BCUT2D eigenvalue weighted by molar-refractivity contribution is -0.150. The first-order valence-corrected chi connectivity index (χ1v) is 7.24. The van der Waals surface area contributed by atoms with E-state index in [-0.39, 0.29) is 12.1 Å². The van der Waals surface area contributed by atoms with Gasteiger partial charge in [0.2, 0.25) is 0 Å². The summed E-state index contributed by atoms with van der Waals surface area (Å²) in [6, 6.07) is 9.90. The molecule has 2 atom stereocenters. The Morgan fingerprint density at radius 1 is 1.15 bits per heavy atom. The van der Waals surface area contributed by atoms with Crippen LogP contribution in [0.5, 0.6) is 0 Å². The van der Waals surface area contributed by atoms with E-state index in [1.165, 1.54) is 0 Å². The van der Waals surface area contributed by atoms with Crippen LogP contribution in [0, 0.1) is 0 Å². The van der Waals surface area contributed by atoms with Gasteiger partial charge in [-0.1, -0.05) is 30.3 Å². The molecule has 0 aromatic heterocycles. The number of likely N-dealkylation sites (tertiary alicyclic amines) is 1. The molecule has 1 aromatic carbocycles. The van der Waals surface area contributed by atoms with Crippen molar-refractivity contribution in [2.75, 3.05) is 0 Å². The highest BCUT2D eigenvalue weighted by Gasteiger charge is 2.32. The topological polar surface area (TPSA) is 49.4 Å². The Bertz CT molecular complexity index is 463. The van der Waals surface area contributed by atoms with Crippen LogP contribution in [0.15, 0.2) is 30.3 Å². The SMILES string of the molecule is CC1CCCC(C)N1C(=O)C(=O)NCc1ccccc1. The molecule has 1 aliphatic rings. The normalized spacial score (nSPS) is 22.4. The summed E-state index contributed by atoms with van der Waals surface area (Å²) in [5, 5.41) is 2.71. The van der Waals surface area contributed by atoms with Crippen molar-refractivity contribution in [1.82, 2.24) is 10.2 Å². The van der Waals surface area contributed by atoms with Crippen LogP contribution in [0.1, 0.15) is 38.7 Å². The van der Waals surface area contributed by atoms with E-state index < -0.39 is 11.8 Å². The van der Waals surface area contributed by atoms with Crippen molar-refractivity contribution in [1.29, 1.82) is 0 Å². The molecule has 1 aliphatic heterocycles. The third-order valence-corrected chi connectivity index (χ3v) is 3.92. The molecular formula is C16H22N2O2. The Morgan fingerprint density at radius 2 is 1.75 bits per heavy atom. The minimum atomic E-state index is -0.505. The van der Waals surface area contributed by atoms with Crippen molar-refractivity contribution in [2.45, 2.75) is 51.7 Å². The van der Waals surface area contributed by atoms with Gasteiger partial charge in [0.15, 0.2) is 0 Å². The molecule has 20 heavy (non-hydrogen) atoms. The van der Waals surface area contributed by atoms with Crippen LogP contribution in [0.25, 0.3) is 0 Å². The highest BCUT2D eigenvalue weighted by Crippen LogP contribution is 2.22. The second kappa shape index (κ2) is 6.55. The number of rotatable bonds is 2. The standard InChI is InChI=1S/C16H22N2O2/c1-12-7-6-8-13(2)18(12)16(20)15(19)17-11-14-9-4-3-5-10-14/h3-5,9-10,12-13H,6-8,11H2,1-2H3,(H,17,19). The molecule has 2 rings (SSSR count). The second-order valence-corrected chi connectivity index (χ2v) is 5.51. The zero-order valence-corrected chi connectivity index (χ0v) is 12.1. The van der Waals surface area contributed by atoms with Gasteiger partial charge in [0.1, 0.15) is 0 Å². The molecule has 0 spiro atoms. The molecule has 108 valence electrons. The fourth-order valence-electron chi connectivity index (χ4n) is 2.79. The molecule has 1 aromatic rings. The fraction of sp³-hybridized carbons (Fsp3) is 0.500. The largest absolute Gasteiger partial charge is 0.344 e. The summed E-state index contributed by atoms with van der Waals surface area (Å²) in [4.78, 5) is 26.0. The summed E-state index contributed by atoms with van der Waals surface area (Å²) in [7, 11) is 0. The summed E-state index contributed by atoms with van der Waals surface area (Å²) in [5.74, 6) is -0.907. The maximum absolute atomic E-state index is 12.3. The van der Waals surface area contributed by atoms with E-state index in [4.69, 9.17) is 0 Å². The number of hydrogen-bond donors (Lipinski definition) is 1. The number of carbonyl (C=O) groups excluding carboxylic acids is 2. The van der Waals surface area contributed by atoms with Crippen LogP contribution in [-0.4, -0.2) is 28.8 Å². The van der Waals surface area contributed by atoms with Gasteiger partial charge >= 0.3 is 11.8 Å². The van der Waals surface area contributed by atoms with E-state index in [0.29, 0.717) is 6.54 Å². The number of nitrogens with zero attached hydrogens (tertiary/aromatic N) is 1. The zero-order valence-electron chi connectivity index (χ0n) is 12.1. The average Bonchev–Trinajstić information content (AvgIpc) is 2.45. The molecule has 1 heterocycles. The van der Waals surface area contributed by atoms with Gasteiger partial charge in [0.05, 0.1) is 0 Å². The van der Waals surface area contributed by atoms with Crippen molar-refractivity contribution in [3.05, 3.63) is 35.9 Å². The third-order valence-electron chi connectivity index (χ3n) is 3.92. The predicted octanol–water partition coefficient (Wildman–Crippen LogP) is 2.09. The fourth-order valence-corrected chi connectivity index (χ4v) is 2.79. The van der Waals surface area contributed by atoms with E-state index >= 15 is 0 Å². The van der Waals surface area contributed by atoms with Gasteiger partial charge in [0.25, 0.3) is 0 Å². The summed E-state index contributed by atoms with van der Waals surface area (Å²) >= 11 is 0. The van der Waals surface area contributed by atoms with Crippen molar-refractivity contribution in [3.63, 3.8) is 0 Å². The van der Waals surface area contributed by atoms with Crippen molar-refractivity contribution >= 4 is 11.8 Å². The van der Waals surface area contributed by atoms with Gasteiger partial charge in [-0.2, -0.15) is 0 Å². The molecule has 4 heteroatoms. The van der Waals surface area contributed by atoms with Gasteiger partial charge in [0, 0.05) is 18.6 Å². The monoisotopic (exact) mass is 274 g/mol. The Balaban J connectivity index is 1.93. The minimum absolute atomic E-state index is 0.147. The van der Waals surface area contributed by atoms with E-state index in [9.17, 15) is 9.59 Å². The lowest BCUT2D eigenvalue weighted by atomic mass is 9.97. The maximum Gasteiger partial charge on any atom is 0.312 e. The molecule has 1 fully saturated rings. The Labute approximate surface area is 120 Å². The first-order chi connectivity index (χ1) is 9.59. The lowest BCUT2D eigenvalue weighted by Gasteiger charge is -2.38. The van der Waals surface area contributed by atoms with E-state index in [2.05, 4.69) is 5.32 Å². The average molecular weight is 274 g/mol. The van der Waals surface area contributed by atoms with E-state index in [1.54, 1.807) is 4.90 Å². The number of amides is 2. The Morgan fingerprint density at radius 3 is 2.35 bits per heavy atom. The van der Waals surface area contributed by atoms with Gasteiger partial charge in [-0.15, -0.1) is 0 Å². The molecule has 0 bridgehead atoms. The van der Waals surface area contributed by atoms with Crippen LogP contribution in [0.4, 0.5) is 0 Å². The van der Waals surface area contributed by atoms with Gasteiger partial charge < -0.3 is 10.2 Å². The van der Waals surface area contributed by atoms with Crippen molar-refractivity contribution in [2.24, 2.45) is 0 Å². The lowest BCUT2D eigenvalue weighted by Crippen LogP contribution is -2.52. The number of piperidine rings is 1. The molecule has 0 radical (unpaired) electrons. The molecule has 4 nitrogen and oxygen atoms in total. The highest BCUT2D eigenvalue weighted by molar-refractivity contribution is 6.35. The number of hydrogen-bond acceptors (Lipinski definition) is 2. The molecule has 2 amide bonds. The van der Waals surface area contributed by atoms with Crippen LogP contribution < -0.4 is 5.32 Å². The van der Waals surface area contributed by atoms with Gasteiger partial charge in [-0.3, -0.25) is 9.59 Å². The summed E-state index contributed by atoms with van der Waals surface area (Å²) in [5.41, 5.74) is 0.994. The molecule has 1 N–H and O–H groups in total. The Kier molecular flexibility index (Phi) is 4.77. The van der Waals surface area contributed by atoms with E-state index in [0.717, 1.165) is 24.8 Å². The van der Waals surface area contributed by atoms with Crippen LogP contribution >= 0.6 is 0 Å². The number of nitrogens with one attached hydrogen (secondary N) is 1. The smallest absolute Gasteiger partial charge is 0.312 e. The summed E-state index contributed by atoms with van der Waals surface area (Å²) in [6.45, 7) is 4.41. The molecular weight excluding hydrogens is 252 g/mol. The second-order valence-electron chi connectivity index (χ2n) is 5.51.